The van der Waals surface area contributed by atoms with Gasteiger partial charge in [-0.25, -0.2) is 4.79 Å². The molecule has 1 aliphatic rings. The minimum atomic E-state index is -0.971. The number of carboxylic acids is 1. The standard InChI is InChI=1S/C22H17NO4/c1-27-16-4-2-3-12(8-16)14-9-18-17-6-5-13(22(25)26)7-15(17)11-19(18)20(10-14)21(23)24/h2-10H,11H2,1H3,(H2,23,24)(H,25,26). The van der Waals surface area contributed by atoms with Crippen LogP contribution < -0.4 is 10.5 Å². The van der Waals surface area contributed by atoms with Gasteiger partial charge in [-0.15, -0.1) is 0 Å². The molecule has 0 unspecified atom stereocenters. The lowest BCUT2D eigenvalue weighted by Gasteiger charge is -2.11. The van der Waals surface area contributed by atoms with Crippen molar-refractivity contribution in [3.8, 4) is 28.0 Å². The maximum Gasteiger partial charge on any atom is 0.335 e. The number of nitrogens with two attached hydrogens (primary N) is 1. The first-order valence-corrected chi connectivity index (χ1v) is 8.45. The van der Waals surface area contributed by atoms with E-state index in [0.717, 1.165) is 39.1 Å². The minimum absolute atomic E-state index is 0.232. The number of carbonyl (C=O) groups is 2. The van der Waals surface area contributed by atoms with Gasteiger partial charge in [0.2, 0.25) is 5.91 Å². The SMILES string of the molecule is COc1cccc(-c2cc(C(N)=O)c3c(c2)-c2ccc(C(=O)O)cc2C3)c1. The fourth-order valence-electron chi connectivity index (χ4n) is 3.62. The van der Waals surface area contributed by atoms with Crippen molar-refractivity contribution in [3.05, 3.63) is 76.9 Å². The second-order valence-corrected chi connectivity index (χ2v) is 6.50. The molecule has 4 rings (SSSR count). The van der Waals surface area contributed by atoms with E-state index in [0.29, 0.717) is 12.0 Å². The van der Waals surface area contributed by atoms with Gasteiger partial charge in [0.15, 0.2) is 0 Å². The first kappa shape index (κ1) is 16.8. The quantitative estimate of drug-likeness (QED) is 0.581. The summed E-state index contributed by atoms with van der Waals surface area (Å²) in [5.74, 6) is -0.747. The summed E-state index contributed by atoms with van der Waals surface area (Å²) in [7, 11) is 1.60. The summed E-state index contributed by atoms with van der Waals surface area (Å²) in [6, 6.07) is 16.4. The molecule has 0 atom stereocenters. The maximum atomic E-state index is 12.1. The molecule has 3 N–H and O–H groups in total. The minimum Gasteiger partial charge on any atom is -0.497 e. The van der Waals surface area contributed by atoms with Gasteiger partial charge < -0.3 is 15.6 Å². The average molecular weight is 359 g/mol. The lowest BCUT2D eigenvalue weighted by Crippen LogP contribution is -2.13. The fourth-order valence-corrected chi connectivity index (χ4v) is 3.62. The molecule has 0 heterocycles. The van der Waals surface area contributed by atoms with E-state index in [1.54, 1.807) is 31.4 Å². The number of amides is 1. The van der Waals surface area contributed by atoms with E-state index in [9.17, 15) is 14.7 Å². The molecular weight excluding hydrogens is 342 g/mol. The molecule has 0 aromatic heterocycles. The summed E-state index contributed by atoms with van der Waals surface area (Å²) >= 11 is 0. The van der Waals surface area contributed by atoms with Crippen LogP contribution in [0.4, 0.5) is 0 Å². The van der Waals surface area contributed by atoms with Crippen LogP contribution >= 0.6 is 0 Å². The molecule has 3 aromatic rings. The number of fused-ring (bicyclic) bond motifs is 3. The molecule has 1 aliphatic carbocycles. The van der Waals surface area contributed by atoms with Crippen molar-refractivity contribution in [2.45, 2.75) is 6.42 Å². The third kappa shape index (κ3) is 2.83. The molecule has 134 valence electrons. The summed E-state index contributed by atoms with van der Waals surface area (Å²) in [6.45, 7) is 0. The third-order valence-electron chi connectivity index (χ3n) is 4.93. The lowest BCUT2D eigenvalue weighted by molar-refractivity contribution is 0.0696. The predicted molar refractivity (Wildman–Crippen MR) is 102 cm³/mol. The van der Waals surface area contributed by atoms with E-state index < -0.39 is 11.9 Å². The summed E-state index contributed by atoms with van der Waals surface area (Å²) in [5, 5.41) is 9.23. The largest absolute Gasteiger partial charge is 0.497 e. The molecular formula is C22H17NO4. The first-order chi connectivity index (χ1) is 13.0. The van der Waals surface area contributed by atoms with Gasteiger partial charge in [0, 0.05) is 5.56 Å². The van der Waals surface area contributed by atoms with Crippen LogP contribution in [0.2, 0.25) is 0 Å². The molecule has 0 radical (unpaired) electrons. The number of benzene rings is 3. The van der Waals surface area contributed by atoms with E-state index in [4.69, 9.17) is 10.5 Å². The Morgan fingerprint density at radius 3 is 2.52 bits per heavy atom. The number of rotatable bonds is 4. The number of ether oxygens (including phenoxy) is 1. The van der Waals surface area contributed by atoms with Gasteiger partial charge in [0.25, 0.3) is 0 Å². The molecule has 5 heteroatoms. The molecule has 0 fully saturated rings. The van der Waals surface area contributed by atoms with Crippen LogP contribution in [0.15, 0.2) is 54.6 Å². The van der Waals surface area contributed by atoms with Crippen molar-refractivity contribution in [1.82, 2.24) is 0 Å². The monoisotopic (exact) mass is 359 g/mol. The van der Waals surface area contributed by atoms with Gasteiger partial charge in [-0.1, -0.05) is 18.2 Å². The van der Waals surface area contributed by atoms with Gasteiger partial charge in [-0.2, -0.15) is 0 Å². The molecule has 1 amide bonds. The van der Waals surface area contributed by atoms with Crippen LogP contribution in [0, 0.1) is 0 Å². The Hall–Kier alpha value is -3.60. The molecule has 0 bridgehead atoms. The van der Waals surface area contributed by atoms with Crippen LogP contribution in [-0.2, 0) is 6.42 Å². The highest BCUT2D eigenvalue weighted by Crippen LogP contribution is 2.41. The van der Waals surface area contributed by atoms with Crippen LogP contribution in [0.25, 0.3) is 22.3 Å². The summed E-state index contributed by atoms with van der Waals surface area (Å²) in [4.78, 5) is 23.4. The van der Waals surface area contributed by atoms with Crippen LogP contribution in [0.5, 0.6) is 5.75 Å². The van der Waals surface area contributed by atoms with Crippen molar-refractivity contribution in [1.29, 1.82) is 0 Å². The lowest BCUT2D eigenvalue weighted by atomic mass is 9.94. The third-order valence-corrected chi connectivity index (χ3v) is 4.93. The number of hydrogen-bond donors (Lipinski definition) is 2. The van der Waals surface area contributed by atoms with E-state index in [2.05, 4.69) is 0 Å². The summed E-state index contributed by atoms with van der Waals surface area (Å²) in [6.07, 6.45) is 0.489. The Labute approximate surface area is 156 Å². The van der Waals surface area contributed by atoms with Crippen molar-refractivity contribution < 1.29 is 19.4 Å². The highest BCUT2D eigenvalue weighted by Gasteiger charge is 2.25. The average Bonchev–Trinajstić information content (AvgIpc) is 3.04. The number of hydrogen-bond acceptors (Lipinski definition) is 3. The normalized spacial score (nSPS) is 11.6. The molecule has 3 aromatic carbocycles. The smallest absolute Gasteiger partial charge is 0.335 e. The summed E-state index contributed by atoms with van der Waals surface area (Å²) in [5.41, 5.74) is 11.7. The molecule has 0 saturated heterocycles. The molecule has 0 saturated carbocycles. The summed E-state index contributed by atoms with van der Waals surface area (Å²) < 4.78 is 5.29. The van der Waals surface area contributed by atoms with Gasteiger partial charge in [-0.05, 0) is 76.2 Å². The number of carboxylic acid groups (broad SMARTS) is 1. The zero-order valence-electron chi connectivity index (χ0n) is 14.7. The van der Waals surface area contributed by atoms with E-state index in [1.807, 2.05) is 30.3 Å². The Morgan fingerprint density at radius 2 is 1.81 bits per heavy atom. The Balaban J connectivity index is 1.91. The van der Waals surface area contributed by atoms with Crippen molar-refractivity contribution in [3.63, 3.8) is 0 Å². The van der Waals surface area contributed by atoms with Gasteiger partial charge >= 0.3 is 5.97 Å². The second kappa shape index (κ2) is 6.29. The highest BCUT2D eigenvalue weighted by atomic mass is 16.5. The van der Waals surface area contributed by atoms with Crippen molar-refractivity contribution in [2.24, 2.45) is 5.73 Å². The Morgan fingerprint density at radius 1 is 1.00 bits per heavy atom. The van der Waals surface area contributed by atoms with Gasteiger partial charge in [0.05, 0.1) is 12.7 Å². The second-order valence-electron chi connectivity index (χ2n) is 6.50. The van der Waals surface area contributed by atoms with E-state index in [-0.39, 0.29) is 5.56 Å². The first-order valence-electron chi connectivity index (χ1n) is 8.45. The van der Waals surface area contributed by atoms with E-state index in [1.165, 1.54) is 0 Å². The van der Waals surface area contributed by atoms with Crippen molar-refractivity contribution in [2.75, 3.05) is 7.11 Å². The zero-order chi connectivity index (χ0) is 19.1. The van der Waals surface area contributed by atoms with Crippen LogP contribution in [0.1, 0.15) is 31.8 Å². The topological polar surface area (TPSA) is 89.6 Å². The highest BCUT2D eigenvalue weighted by molar-refractivity contribution is 6.00. The Kier molecular flexibility index (Phi) is 3.92. The molecule has 27 heavy (non-hydrogen) atoms. The number of aromatic carboxylic acids is 1. The Bertz CT molecular complexity index is 1100. The van der Waals surface area contributed by atoms with Gasteiger partial charge in [-0.3, -0.25) is 4.79 Å². The molecule has 0 spiro atoms. The molecule has 5 nitrogen and oxygen atoms in total. The van der Waals surface area contributed by atoms with E-state index >= 15 is 0 Å². The zero-order valence-corrected chi connectivity index (χ0v) is 14.7. The number of primary amides is 1. The van der Waals surface area contributed by atoms with Crippen LogP contribution in [-0.4, -0.2) is 24.1 Å². The maximum absolute atomic E-state index is 12.1. The predicted octanol–water partition coefficient (Wildman–Crippen LogP) is 3.73. The fraction of sp³-hybridized carbons (Fsp3) is 0.0909. The van der Waals surface area contributed by atoms with Crippen molar-refractivity contribution >= 4 is 11.9 Å². The number of methoxy groups -OCH3 is 1. The number of carbonyl (C=O) groups excluding carboxylic acids is 1. The molecule has 0 aliphatic heterocycles. The van der Waals surface area contributed by atoms with Gasteiger partial charge in [0.1, 0.15) is 5.75 Å². The van der Waals surface area contributed by atoms with Crippen LogP contribution in [0.3, 0.4) is 0 Å².